The Morgan fingerprint density at radius 1 is 0.930 bits per heavy atom. The molecule has 1 N–H and O–H groups in total. The second kappa shape index (κ2) is 9.97. The van der Waals surface area contributed by atoms with Gasteiger partial charge >= 0.3 is 11.9 Å². The van der Waals surface area contributed by atoms with Crippen molar-refractivity contribution in [2.45, 2.75) is 51.1 Å². The lowest BCUT2D eigenvalue weighted by molar-refractivity contribution is -0.499. The standard InChI is InChI=1S/C34H31N7O2/c1-33(2,3)41(32(42)43)34(16-7-17-34)25-11-13-26(14-12-25)40-31-27-21-24(23-9-5-4-6-10-23)22-37-28(27)15-20-39(31)30(38-40)29-35-18-8-19-36-29/h4-6,8-15,18-22H,7,16-17H2,1-3H3/p+1. The smallest absolute Gasteiger partial charge is 0.408 e. The zero-order chi connectivity index (χ0) is 29.8. The molecule has 1 fully saturated rings. The lowest BCUT2D eigenvalue weighted by Crippen LogP contribution is -2.60. The predicted octanol–water partition coefficient (Wildman–Crippen LogP) is 6.44. The normalized spacial score (nSPS) is 14.5. The Labute approximate surface area is 249 Å². The van der Waals surface area contributed by atoms with Crippen LogP contribution in [0.5, 0.6) is 0 Å². The molecule has 2 aromatic carbocycles. The van der Waals surface area contributed by atoms with Crippen LogP contribution in [0.15, 0.2) is 97.6 Å². The zero-order valence-electron chi connectivity index (χ0n) is 24.3. The molecule has 9 heteroatoms. The molecule has 0 unspecified atom stereocenters. The molecule has 214 valence electrons. The van der Waals surface area contributed by atoms with E-state index in [1.165, 1.54) is 0 Å². The number of carbonyl (C=O) groups is 1. The second-order valence-electron chi connectivity index (χ2n) is 12.1. The van der Waals surface area contributed by atoms with E-state index in [1.54, 1.807) is 23.4 Å². The van der Waals surface area contributed by atoms with Crippen LogP contribution in [0.1, 0.15) is 45.6 Å². The summed E-state index contributed by atoms with van der Waals surface area (Å²) in [5.74, 6) is 1.11. The van der Waals surface area contributed by atoms with E-state index in [1.807, 2.05) is 90.8 Å². The SMILES string of the molecule is CC(C)(C)N(C(=O)O)C1(c2ccc(-n3nc(-c4ncccn4)[n+]4ccc5ncc(-c6ccccc6)cc5c34)cc2)CCC1. The summed E-state index contributed by atoms with van der Waals surface area (Å²) in [5, 5.41) is 16.2. The van der Waals surface area contributed by atoms with Gasteiger partial charge in [-0.05, 0) is 81.5 Å². The first kappa shape index (κ1) is 26.7. The van der Waals surface area contributed by atoms with Crippen molar-refractivity contribution >= 4 is 22.6 Å². The molecule has 4 aromatic heterocycles. The number of rotatable bonds is 5. The van der Waals surface area contributed by atoms with Gasteiger partial charge in [0.1, 0.15) is 5.69 Å². The van der Waals surface area contributed by atoms with Crippen LogP contribution in [-0.2, 0) is 5.54 Å². The summed E-state index contributed by atoms with van der Waals surface area (Å²) in [6.07, 6.45) is 8.95. The molecule has 7 rings (SSSR count). The zero-order valence-corrected chi connectivity index (χ0v) is 24.3. The van der Waals surface area contributed by atoms with Gasteiger partial charge in [-0.15, -0.1) is 0 Å². The topological polar surface area (TPSA) is 101 Å². The molecule has 0 bridgehead atoms. The quantitative estimate of drug-likeness (QED) is 0.239. The van der Waals surface area contributed by atoms with Gasteiger partial charge in [0.05, 0.1) is 27.7 Å². The van der Waals surface area contributed by atoms with Crippen molar-refractivity contribution in [2.75, 3.05) is 0 Å². The van der Waals surface area contributed by atoms with Crippen LogP contribution in [0, 0.1) is 0 Å². The minimum absolute atomic E-state index is 0.509. The summed E-state index contributed by atoms with van der Waals surface area (Å²) in [6, 6.07) is 24.2. The molecule has 0 atom stereocenters. The van der Waals surface area contributed by atoms with Crippen LogP contribution in [0.2, 0.25) is 0 Å². The maximum atomic E-state index is 12.5. The summed E-state index contributed by atoms with van der Waals surface area (Å²) < 4.78 is 3.90. The Bertz CT molecular complexity index is 1960. The van der Waals surface area contributed by atoms with E-state index in [0.29, 0.717) is 11.6 Å². The van der Waals surface area contributed by atoms with Gasteiger partial charge in [-0.2, -0.15) is 4.40 Å². The van der Waals surface area contributed by atoms with Crippen molar-refractivity contribution in [3.8, 4) is 28.5 Å². The highest BCUT2D eigenvalue weighted by atomic mass is 16.4. The lowest BCUT2D eigenvalue weighted by atomic mass is 9.69. The number of benzene rings is 2. The van der Waals surface area contributed by atoms with Crippen molar-refractivity contribution in [1.82, 2.24) is 29.6 Å². The Morgan fingerprint density at radius 2 is 1.65 bits per heavy atom. The van der Waals surface area contributed by atoms with Crippen LogP contribution in [0.25, 0.3) is 45.0 Å². The fraction of sp³-hybridized carbons (Fsp3) is 0.235. The highest BCUT2D eigenvalue weighted by Crippen LogP contribution is 2.49. The highest BCUT2D eigenvalue weighted by Gasteiger charge is 2.50. The summed E-state index contributed by atoms with van der Waals surface area (Å²) in [6.45, 7) is 5.87. The third kappa shape index (κ3) is 4.39. The first-order chi connectivity index (χ1) is 20.8. The van der Waals surface area contributed by atoms with E-state index in [9.17, 15) is 9.90 Å². The Hall–Kier alpha value is -5.18. The average Bonchev–Trinajstić information content (AvgIpc) is 3.39. The molecule has 1 amide bonds. The van der Waals surface area contributed by atoms with Gasteiger partial charge in [0.25, 0.3) is 5.65 Å². The third-order valence-corrected chi connectivity index (χ3v) is 8.39. The molecule has 9 nitrogen and oxygen atoms in total. The minimum atomic E-state index is -0.897. The van der Waals surface area contributed by atoms with Crippen LogP contribution in [-0.4, -0.2) is 46.4 Å². The number of amides is 1. The van der Waals surface area contributed by atoms with Gasteiger partial charge in [-0.1, -0.05) is 47.1 Å². The van der Waals surface area contributed by atoms with Crippen molar-refractivity contribution < 1.29 is 14.3 Å². The van der Waals surface area contributed by atoms with Gasteiger partial charge in [0.15, 0.2) is 0 Å². The fourth-order valence-corrected chi connectivity index (χ4v) is 6.42. The number of hydrogen-bond acceptors (Lipinski definition) is 5. The third-order valence-electron chi connectivity index (χ3n) is 8.39. The van der Waals surface area contributed by atoms with E-state index in [2.05, 4.69) is 28.2 Å². The molecule has 1 aliphatic carbocycles. The van der Waals surface area contributed by atoms with Gasteiger partial charge in [-0.3, -0.25) is 9.88 Å². The van der Waals surface area contributed by atoms with E-state index < -0.39 is 17.2 Å². The molecule has 4 heterocycles. The molecule has 43 heavy (non-hydrogen) atoms. The Kier molecular flexibility index (Phi) is 6.19. The van der Waals surface area contributed by atoms with Gasteiger partial charge in [0.2, 0.25) is 5.82 Å². The van der Waals surface area contributed by atoms with Crippen molar-refractivity contribution in [2.24, 2.45) is 0 Å². The van der Waals surface area contributed by atoms with Gasteiger partial charge < -0.3 is 5.11 Å². The van der Waals surface area contributed by atoms with E-state index >= 15 is 0 Å². The monoisotopic (exact) mass is 570 g/mol. The molecule has 1 saturated carbocycles. The number of hydrogen-bond donors (Lipinski definition) is 1. The second-order valence-corrected chi connectivity index (χ2v) is 12.1. The molecule has 0 radical (unpaired) electrons. The first-order valence-electron chi connectivity index (χ1n) is 14.5. The minimum Gasteiger partial charge on any atom is -0.465 e. The Morgan fingerprint density at radius 3 is 2.28 bits per heavy atom. The van der Waals surface area contributed by atoms with E-state index in [4.69, 9.17) is 10.1 Å². The number of pyridine rings is 2. The summed E-state index contributed by atoms with van der Waals surface area (Å²) in [5.41, 5.74) is 4.51. The largest absolute Gasteiger partial charge is 0.465 e. The summed E-state index contributed by atoms with van der Waals surface area (Å²) in [7, 11) is 0. The van der Waals surface area contributed by atoms with Gasteiger partial charge in [0, 0.05) is 29.7 Å². The van der Waals surface area contributed by atoms with Crippen LogP contribution in [0.4, 0.5) is 4.79 Å². The highest BCUT2D eigenvalue weighted by molar-refractivity contribution is 5.93. The number of carboxylic acid groups (broad SMARTS) is 1. The van der Waals surface area contributed by atoms with Crippen molar-refractivity contribution in [3.05, 3.63) is 103 Å². The molecule has 0 spiro atoms. The average molecular weight is 571 g/mol. The number of nitrogens with zero attached hydrogens (tertiary/aromatic N) is 7. The van der Waals surface area contributed by atoms with E-state index in [0.717, 1.165) is 58.2 Å². The number of aromatic nitrogens is 6. The maximum absolute atomic E-state index is 12.5. The lowest BCUT2D eigenvalue weighted by Gasteiger charge is -2.54. The van der Waals surface area contributed by atoms with Crippen LogP contribution >= 0.6 is 0 Å². The molecule has 6 aromatic rings. The molecule has 0 aliphatic heterocycles. The van der Waals surface area contributed by atoms with Crippen LogP contribution in [0.3, 0.4) is 0 Å². The molecule has 0 saturated heterocycles. The maximum Gasteiger partial charge on any atom is 0.408 e. The molecular formula is C34H32N7O2+. The predicted molar refractivity (Wildman–Crippen MR) is 164 cm³/mol. The fourth-order valence-electron chi connectivity index (χ4n) is 6.42. The first-order valence-corrected chi connectivity index (χ1v) is 14.5. The molecule has 1 aliphatic rings. The Balaban J connectivity index is 1.42. The van der Waals surface area contributed by atoms with Gasteiger partial charge in [-0.25, -0.2) is 14.8 Å². The van der Waals surface area contributed by atoms with Crippen LogP contribution < -0.4 is 4.40 Å². The van der Waals surface area contributed by atoms with Crippen molar-refractivity contribution in [3.63, 3.8) is 0 Å². The molecular weight excluding hydrogens is 538 g/mol. The number of fused-ring (bicyclic) bond motifs is 3. The van der Waals surface area contributed by atoms with Crippen molar-refractivity contribution in [1.29, 1.82) is 0 Å². The summed E-state index contributed by atoms with van der Waals surface area (Å²) in [4.78, 5) is 27.9. The summed E-state index contributed by atoms with van der Waals surface area (Å²) >= 11 is 0. The van der Waals surface area contributed by atoms with E-state index in [-0.39, 0.29) is 0 Å².